The molecule has 1 N–H and O–H groups in total. The highest BCUT2D eigenvalue weighted by Gasteiger charge is 2.24. The fourth-order valence-corrected chi connectivity index (χ4v) is 4.34. The Kier molecular flexibility index (Phi) is 3.22. The predicted octanol–water partition coefficient (Wildman–Crippen LogP) is 2.79. The molecule has 1 aromatic carbocycles. The van der Waals surface area contributed by atoms with Crippen molar-refractivity contribution < 1.29 is 8.42 Å². The van der Waals surface area contributed by atoms with Gasteiger partial charge >= 0.3 is 0 Å². The molecule has 4 aromatic rings. The van der Waals surface area contributed by atoms with E-state index in [1.165, 1.54) is 28.0 Å². The summed E-state index contributed by atoms with van der Waals surface area (Å²) in [7, 11) is -3.93. The second-order valence-electron chi connectivity index (χ2n) is 4.64. The smallest absolute Gasteiger partial charge is 0.261 e. The highest BCUT2D eigenvalue weighted by molar-refractivity contribution is 7.92. The minimum Gasteiger partial charge on any atom is -0.261 e. The van der Waals surface area contributed by atoms with Crippen LogP contribution in [0.4, 0.5) is 5.82 Å². The van der Waals surface area contributed by atoms with Gasteiger partial charge in [-0.2, -0.15) is 8.42 Å². The molecular weight excluding hydrogens is 358 g/mol. The normalized spacial score (nSPS) is 12.0. The minimum absolute atomic E-state index is 0.158. The topological polar surface area (TPSA) is 89.2 Å². The van der Waals surface area contributed by atoms with Crippen molar-refractivity contribution in [1.29, 1.82) is 0 Å². The Labute approximate surface area is 139 Å². The Morgan fingerprint density at radius 2 is 1.96 bits per heavy atom. The highest BCUT2D eigenvalue weighted by atomic mass is 35.5. The van der Waals surface area contributed by atoms with Gasteiger partial charge in [-0.25, -0.2) is 4.98 Å². The van der Waals surface area contributed by atoms with Crippen molar-refractivity contribution in [3.05, 3.63) is 47.6 Å². The van der Waals surface area contributed by atoms with E-state index < -0.39 is 10.0 Å². The number of benzene rings is 1. The van der Waals surface area contributed by atoms with Crippen LogP contribution in [0.15, 0.2) is 47.8 Å². The molecule has 0 aliphatic rings. The molecule has 4 rings (SSSR count). The first-order valence-electron chi connectivity index (χ1n) is 6.42. The molecule has 0 unspecified atom stereocenters. The number of halogens is 1. The van der Waals surface area contributed by atoms with Gasteiger partial charge in [0.05, 0.1) is 15.2 Å². The maximum Gasteiger partial charge on any atom is 0.299 e. The van der Waals surface area contributed by atoms with Gasteiger partial charge in [0.25, 0.3) is 15.2 Å². The van der Waals surface area contributed by atoms with E-state index in [-0.39, 0.29) is 11.0 Å². The monoisotopic (exact) mass is 365 g/mol. The number of nitrogens with one attached hydrogen (secondary N) is 1. The third kappa shape index (κ3) is 2.42. The number of pyridine rings is 1. The molecule has 3 heterocycles. The summed E-state index contributed by atoms with van der Waals surface area (Å²) < 4.78 is 30.0. The van der Waals surface area contributed by atoms with Crippen molar-refractivity contribution in [3.8, 4) is 0 Å². The zero-order valence-corrected chi connectivity index (χ0v) is 13.7. The van der Waals surface area contributed by atoms with Crippen molar-refractivity contribution in [2.75, 3.05) is 4.72 Å². The summed E-state index contributed by atoms with van der Waals surface area (Å²) in [4.78, 5) is 4.44. The lowest BCUT2D eigenvalue weighted by molar-refractivity contribution is 0.591. The number of hydrogen-bond donors (Lipinski definition) is 1. The summed E-state index contributed by atoms with van der Waals surface area (Å²) >= 11 is 7.12. The number of hydrogen-bond acceptors (Lipinski definition) is 6. The lowest BCUT2D eigenvalue weighted by Gasteiger charge is -2.05. The molecule has 0 amide bonds. The third-order valence-electron chi connectivity index (χ3n) is 3.12. The second kappa shape index (κ2) is 5.15. The summed E-state index contributed by atoms with van der Waals surface area (Å²) in [6.45, 7) is 0. The van der Waals surface area contributed by atoms with Gasteiger partial charge in [0.1, 0.15) is 5.82 Å². The van der Waals surface area contributed by atoms with Gasteiger partial charge in [-0.05, 0) is 24.3 Å². The number of aromatic nitrogens is 4. The van der Waals surface area contributed by atoms with E-state index in [1.807, 2.05) is 24.3 Å². The second-order valence-corrected chi connectivity index (χ2v) is 7.66. The van der Waals surface area contributed by atoms with Crippen LogP contribution in [0.1, 0.15) is 0 Å². The maximum absolute atomic E-state index is 12.6. The van der Waals surface area contributed by atoms with Crippen LogP contribution in [0.25, 0.3) is 15.2 Å². The van der Waals surface area contributed by atoms with Gasteiger partial charge in [-0.1, -0.05) is 35.1 Å². The van der Waals surface area contributed by atoms with Crippen LogP contribution >= 0.6 is 22.9 Å². The molecule has 0 saturated heterocycles. The summed E-state index contributed by atoms with van der Waals surface area (Å²) in [5.41, 5.74) is 0.738. The number of rotatable bonds is 3. The Morgan fingerprint density at radius 1 is 1.13 bits per heavy atom. The van der Waals surface area contributed by atoms with Crippen molar-refractivity contribution in [1.82, 2.24) is 19.6 Å². The molecule has 0 aliphatic carbocycles. The average Bonchev–Trinajstić information content (AvgIpc) is 3.08. The molecule has 116 valence electrons. The number of nitrogens with zero attached hydrogens (tertiary/aromatic N) is 4. The van der Waals surface area contributed by atoms with Crippen LogP contribution in [0.2, 0.25) is 5.02 Å². The van der Waals surface area contributed by atoms with Crippen molar-refractivity contribution in [2.45, 2.75) is 5.16 Å². The average molecular weight is 366 g/mol. The van der Waals surface area contributed by atoms with Gasteiger partial charge in [0.15, 0.2) is 0 Å². The van der Waals surface area contributed by atoms with Gasteiger partial charge < -0.3 is 0 Å². The van der Waals surface area contributed by atoms with E-state index in [9.17, 15) is 8.42 Å². The van der Waals surface area contributed by atoms with E-state index in [1.54, 1.807) is 6.07 Å². The summed E-state index contributed by atoms with van der Waals surface area (Å²) in [6, 6.07) is 10.5. The fraction of sp³-hybridized carbons (Fsp3) is 0. The van der Waals surface area contributed by atoms with E-state index >= 15 is 0 Å². The third-order valence-corrected chi connectivity index (χ3v) is 5.58. The molecule has 0 saturated carbocycles. The highest BCUT2D eigenvalue weighted by Crippen LogP contribution is 2.27. The van der Waals surface area contributed by atoms with Crippen molar-refractivity contribution >= 4 is 54.0 Å². The molecule has 0 radical (unpaired) electrons. The zero-order valence-electron chi connectivity index (χ0n) is 11.3. The molecule has 0 fully saturated rings. The first-order valence-corrected chi connectivity index (χ1v) is 9.09. The molecule has 0 bridgehead atoms. The molecule has 0 atom stereocenters. The predicted molar refractivity (Wildman–Crippen MR) is 88.4 cm³/mol. The number of para-hydroxylation sites is 1. The lowest BCUT2D eigenvalue weighted by atomic mass is 10.3. The zero-order chi connectivity index (χ0) is 16.0. The van der Waals surface area contributed by atoms with Crippen LogP contribution in [0.3, 0.4) is 0 Å². The van der Waals surface area contributed by atoms with Crippen molar-refractivity contribution in [3.63, 3.8) is 0 Å². The maximum atomic E-state index is 12.6. The van der Waals surface area contributed by atoms with E-state index in [2.05, 4.69) is 19.9 Å². The Bertz CT molecular complexity index is 1120. The minimum atomic E-state index is -3.93. The van der Waals surface area contributed by atoms with Crippen LogP contribution in [-0.4, -0.2) is 28.0 Å². The largest absolute Gasteiger partial charge is 0.299 e. The number of thiazole rings is 1. The summed E-state index contributed by atoms with van der Waals surface area (Å²) in [5.74, 6) is 0.158. The van der Waals surface area contributed by atoms with E-state index in [0.717, 1.165) is 10.2 Å². The molecular formula is C13H8ClN5O2S2. The SMILES string of the molecule is O=S(=O)(Nc1ccc(Cl)cn1)c1nnc2sc3ccccc3n12. The molecule has 23 heavy (non-hydrogen) atoms. The van der Waals surface area contributed by atoms with Gasteiger partial charge in [0.2, 0.25) is 4.96 Å². The molecule has 10 heteroatoms. The summed E-state index contributed by atoms with van der Waals surface area (Å²) in [5, 5.41) is 8.00. The Hall–Kier alpha value is -2.23. The standard InChI is InChI=1S/C13H8ClN5O2S2/c14-8-5-6-11(15-7-8)18-23(20,21)13-17-16-12-19(13)9-3-1-2-4-10(9)22-12/h1-7H,(H,15,18). The number of fused-ring (bicyclic) bond motifs is 3. The molecule has 7 nitrogen and oxygen atoms in total. The first-order chi connectivity index (χ1) is 11.0. The van der Waals surface area contributed by atoms with Crippen LogP contribution in [0.5, 0.6) is 0 Å². The molecule has 3 aromatic heterocycles. The van der Waals surface area contributed by atoms with Crippen LogP contribution < -0.4 is 4.72 Å². The van der Waals surface area contributed by atoms with Crippen LogP contribution in [0, 0.1) is 0 Å². The van der Waals surface area contributed by atoms with Gasteiger partial charge in [0, 0.05) is 6.20 Å². The van der Waals surface area contributed by atoms with E-state index in [4.69, 9.17) is 11.6 Å². The van der Waals surface area contributed by atoms with Gasteiger partial charge in [-0.15, -0.1) is 10.2 Å². The van der Waals surface area contributed by atoms with E-state index in [0.29, 0.717) is 9.98 Å². The van der Waals surface area contributed by atoms with Crippen molar-refractivity contribution in [2.24, 2.45) is 0 Å². The fourth-order valence-electron chi connectivity index (χ4n) is 2.15. The summed E-state index contributed by atoms with van der Waals surface area (Å²) in [6.07, 6.45) is 1.36. The number of anilines is 1. The quantitative estimate of drug-likeness (QED) is 0.603. The lowest BCUT2D eigenvalue weighted by Crippen LogP contribution is -2.17. The molecule has 0 aliphatic heterocycles. The Balaban J connectivity index is 1.85. The number of sulfonamides is 1. The molecule has 0 spiro atoms. The first kappa shape index (κ1) is 14.4. The Morgan fingerprint density at radius 3 is 2.74 bits per heavy atom. The van der Waals surface area contributed by atoms with Crippen LogP contribution in [-0.2, 0) is 10.0 Å². The van der Waals surface area contributed by atoms with Gasteiger partial charge in [-0.3, -0.25) is 9.12 Å².